The van der Waals surface area contributed by atoms with E-state index in [2.05, 4.69) is 156 Å². The maximum absolute atomic E-state index is 6.75. The van der Waals surface area contributed by atoms with Gasteiger partial charge >= 0.3 is 0 Å². The Labute approximate surface area is 302 Å². The number of hydrogen-bond acceptors (Lipinski definition) is 3. The summed E-state index contributed by atoms with van der Waals surface area (Å²) in [5.41, 5.74) is 11.8. The van der Waals surface area contributed by atoms with Gasteiger partial charge in [-0.25, -0.2) is 9.67 Å². The van der Waals surface area contributed by atoms with Crippen LogP contribution in [0.15, 0.2) is 103 Å². The average molecular weight is 675 g/mol. The molecule has 0 amide bonds. The van der Waals surface area contributed by atoms with E-state index in [1.54, 1.807) is 0 Å². The predicted octanol–water partition coefficient (Wildman–Crippen LogP) is 12.6. The van der Waals surface area contributed by atoms with E-state index in [1.165, 1.54) is 57.9 Å². The van der Waals surface area contributed by atoms with Crippen molar-refractivity contribution < 1.29 is 4.74 Å². The zero-order chi connectivity index (χ0) is 35.9. The Bertz CT molecular complexity index is 2340. The third-order valence-corrected chi connectivity index (χ3v) is 9.99. The molecule has 260 valence electrons. The van der Waals surface area contributed by atoms with Crippen molar-refractivity contribution in [2.45, 2.75) is 87.0 Å². The number of rotatable bonds is 10. The van der Waals surface area contributed by atoms with Gasteiger partial charge in [0.25, 0.3) is 0 Å². The van der Waals surface area contributed by atoms with Crippen molar-refractivity contribution in [1.29, 1.82) is 0 Å². The lowest BCUT2D eigenvalue weighted by atomic mass is 9.89. The Balaban J connectivity index is 1.28. The van der Waals surface area contributed by atoms with Crippen molar-refractivity contribution >= 4 is 21.8 Å². The number of ether oxygens (including phenoxy) is 1. The molecular formula is C46H50N4O. The second kappa shape index (κ2) is 13.9. The molecule has 0 N–H and O–H groups in total. The van der Waals surface area contributed by atoms with E-state index >= 15 is 0 Å². The molecule has 0 aliphatic carbocycles. The molecule has 5 nitrogen and oxygen atoms in total. The normalized spacial score (nSPS) is 12.0. The van der Waals surface area contributed by atoms with E-state index in [-0.39, 0.29) is 0 Å². The lowest BCUT2D eigenvalue weighted by Gasteiger charge is -2.17. The summed E-state index contributed by atoms with van der Waals surface area (Å²) in [6, 6.07) is 34.6. The summed E-state index contributed by atoms with van der Waals surface area (Å²) in [5.74, 6) is 2.80. The number of pyridine rings is 1. The highest BCUT2D eigenvalue weighted by atomic mass is 16.5. The first-order chi connectivity index (χ1) is 24.4. The molecule has 5 heteroatoms. The number of aryl methyl sites for hydroxylation is 3. The molecule has 0 fully saturated rings. The minimum Gasteiger partial charge on any atom is -0.457 e. The highest BCUT2D eigenvalue weighted by Crippen LogP contribution is 2.37. The largest absolute Gasteiger partial charge is 0.457 e. The van der Waals surface area contributed by atoms with Crippen molar-refractivity contribution in [2.75, 3.05) is 0 Å². The fraction of sp³-hybridized carbons (Fsp3) is 0.304. The molecule has 0 radical (unpaired) electrons. The number of aromatic nitrogens is 4. The maximum Gasteiger partial charge on any atom is 0.137 e. The van der Waals surface area contributed by atoms with Crippen LogP contribution in [0.25, 0.3) is 44.4 Å². The van der Waals surface area contributed by atoms with Crippen LogP contribution >= 0.6 is 0 Å². The van der Waals surface area contributed by atoms with Crippen LogP contribution in [0.5, 0.6) is 11.5 Å². The van der Waals surface area contributed by atoms with Gasteiger partial charge in [0, 0.05) is 40.4 Å². The van der Waals surface area contributed by atoms with Crippen LogP contribution in [0.1, 0.15) is 87.9 Å². The molecule has 3 heterocycles. The first-order valence-corrected chi connectivity index (χ1v) is 18.4. The van der Waals surface area contributed by atoms with E-state index in [0.717, 1.165) is 51.8 Å². The summed E-state index contributed by atoms with van der Waals surface area (Å²) in [5, 5.41) is 7.46. The molecule has 0 aliphatic rings. The summed E-state index contributed by atoms with van der Waals surface area (Å²) < 4.78 is 11.1. The first-order valence-electron chi connectivity index (χ1n) is 18.4. The fourth-order valence-electron chi connectivity index (χ4n) is 7.31. The monoisotopic (exact) mass is 674 g/mol. The van der Waals surface area contributed by atoms with Crippen molar-refractivity contribution in [3.05, 3.63) is 131 Å². The smallest absolute Gasteiger partial charge is 0.137 e. The van der Waals surface area contributed by atoms with Gasteiger partial charge in [-0.1, -0.05) is 77.4 Å². The molecule has 0 saturated heterocycles. The second-order valence-electron chi connectivity index (χ2n) is 15.7. The third-order valence-electron chi connectivity index (χ3n) is 9.99. The minimum absolute atomic E-state index is 0.318. The van der Waals surface area contributed by atoms with Crippen molar-refractivity contribution in [3.63, 3.8) is 0 Å². The molecule has 0 aliphatic heterocycles. The molecule has 0 bridgehead atoms. The lowest BCUT2D eigenvalue weighted by molar-refractivity contribution is 0.360. The predicted molar refractivity (Wildman–Crippen MR) is 213 cm³/mol. The Morgan fingerprint density at radius 1 is 0.745 bits per heavy atom. The highest BCUT2D eigenvalue weighted by molar-refractivity contribution is 6.09. The van der Waals surface area contributed by atoms with Crippen LogP contribution in [-0.4, -0.2) is 19.3 Å². The van der Waals surface area contributed by atoms with Crippen LogP contribution < -0.4 is 4.74 Å². The summed E-state index contributed by atoms with van der Waals surface area (Å²) in [7, 11) is 0. The number of benzene rings is 4. The molecular weight excluding hydrogens is 625 g/mol. The average Bonchev–Trinajstić information content (AvgIpc) is 3.58. The first kappa shape index (κ1) is 34.3. The highest BCUT2D eigenvalue weighted by Gasteiger charge is 2.19. The van der Waals surface area contributed by atoms with Crippen LogP contribution in [-0.2, 0) is 6.42 Å². The molecule has 7 rings (SSSR count). The SMILES string of the molecule is Cc1ccnc(-n2c3ccc(CCCCC(C)(C)C)cc3c3ccc(Oc4cc(C(C)C)cc(-n5nc(C)c(-c6ccccc6)c5C)c4)cc32)c1. The van der Waals surface area contributed by atoms with Crippen molar-refractivity contribution in [3.8, 4) is 34.1 Å². The van der Waals surface area contributed by atoms with E-state index in [4.69, 9.17) is 14.8 Å². The summed E-state index contributed by atoms with van der Waals surface area (Å²) in [6.45, 7) is 17.8. The molecule has 7 aromatic rings. The Morgan fingerprint density at radius 3 is 2.29 bits per heavy atom. The van der Waals surface area contributed by atoms with Crippen molar-refractivity contribution in [1.82, 2.24) is 19.3 Å². The standard InChI is InChI=1S/C46H50N4O/c1-30(2)36-26-37(50-33(5)45(32(4)48-50)35-15-10-9-11-16-35)28-39(27-36)51-38-18-19-40-41-25-34(14-12-13-22-46(6,7)8)17-20-42(41)49(43(40)29-38)44-24-31(3)21-23-47-44/h9-11,15-21,23-30H,12-14,22H2,1-8H3. The summed E-state index contributed by atoms with van der Waals surface area (Å²) in [4.78, 5) is 4.83. The minimum atomic E-state index is 0.318. The van der Waals surface area contributed by atoms with Crippen LogP contribution in [0.2, 0.25) is 0 Å². The Hall–Kier alpha value is -5.16. The quantitative estimate of drug-likeness (QED) is 0.136. The van der Waals surface area contributed by atoms with Gasteiger partial charge in [-0.3, -0.25) is 4.57 Å². The van der Waals surface area contributed by atoms with Gasteiger partial charge in [-0.2, -0.15) is 5.10 Å². The van der Waals surface area contributed by atoms with E-state index in [1.807, 2.05) is 12.3 Å². The second-order valence-corrected chi connectivity index (χ2v) is 15.7. The van der Waals surface area contributed by atoms with Gasteiger partial charge in [0.2, 0.25) is 0 Å². The van der Waals surface area contributed by atoms with Gasteiger partial charge in [0.15, 0.2) is 0 Å². The topological polar surface area (TPSA) is 44.9 Å². The van der Waals surface area contributed by atoms with E-state index in [9.17, 15) is 0 Å². The van der Waals surface area contributed by atoms with E-state index in [0.29, 0.717) is 11.3 Å². The van der Waals surface area contributed by atoms with Crippen LogP contribution in [0, 0.1) is 26.2 Å². The zero-order valence-corrected chi connectivity index (χ0v) is 31.4. The van der Waals surface area contributed by atoms with E-state index < -0.39 is 0 Å². The van der Waals surface area contributed by atoms with Crippen LogP contribution in [0.4, 0.5) is 0 Å². The van der Waals surface area contributed by atoms with Gasteiger partial charge < -0.3 is 4.74 Å². The lowest BCUT2D eigenvalue weighted by Crippen LogP contribution is -2.04. The number of fused-ring (bicyclic) bond motifs is 3. The number of hydrogen-bond donors (Lipinski definition) is 0. The zero-order valence-electron chi connectivity index (χ0n) is 31.4. The Kier molecular flexibility index (Phi) is 9.32. The van der Waals surface area contributed by atoms with Gasteiger partial charge in [0.05, 0.1) is 22.4 Å². The van der Waals surface area contributed by atoms with Crippen LogP contribution in [0.3, 0.4) is 0 Å². The Morgan fingerprint density at radius 2 is 1.55 bits per heavy atom. The molecule has 51 heavy (non-hydrogen) atoms. The number of nitrogens with zero attached hydrogens (tertiary/aromatic N) is 4. The molecule has 0 saturated carbocycles. The fourth-order valence-corrected chi connectivity index (χ4v) is 7.31. The summed E-state index contributed by atoms with van der Waals surface area (Å²) >= 11 is 0. The summed E-state index contributed by atoms with van der Waals surface area (Å²) in [6.07, 6.45) is 6.66. The van der Waals surface area contributed by atoms with Gasteiger partial charge in [-0.05, 0) is 122 Å². The molecule has 0 atom stereocenters. The molecule has 0 spiro atoms. The van der Waals surface area contributed by atoms with Gasteiger partial charge in [0.1, 0.15) is 17.3 Å². The third kappa shape index (κ3) is 7.21. The molecule has 3 aromatic heterocycles. The number of unbranched alkanes of at least 4 members (excludes halogenated alkanes) is 1. The molecule has 4 aromatic carbocycles. The van der Waals surface area contributed by atoms with Gasteiger partial charge in [-0.15, -0.1) is 0 Å². The maximum atomic E-state index is 6.75. The van der Waals surface area contributed by atoms with Crippen molar-refractivity contribution in [2.24, 2.45) is 5.41 Å². The molecule has 0 unspecified atom stereocenters.